The zero-order valence-electron chi connectivity index (χ0n) is 23.3. The van der Waals surface area contributed by atoms with Crippen molar-refractivity contribution in [3.05, 3.63) is 153 Å². The minimum absolute atomic E-state index is 0.227. The van der Waals surface area contributed by atoms with E-state index in [0.29, 0.717) is 5.03 Å². The Bertz CT molecular complexity index is 1930. The van der Waals surface area contributed by atoms with Crippen LogP contribution in [0.5, 0.6) is 0 Å². The van der Waals surface area contributed by atoms with Crippen molar-refractivity contribution >= 4 is 40.9 Å². The average molecular weight is 593 g/mol. The molecule has 1 saturated heterocycles. The Morgan fingerprint density at radius 1 is 0.727 bits per heavy atom. The van der Waals surface area contributed by atoms with Crippen molar-refractivity contribution in [3.8, 4) is 6.07 Å². The summed E-state index contributed by atoms with van der Waals surface area (Å²) in [7, 11) is 0. The van der Waals surface area contributed by atoms with Crippen molar-refractivity contribution in [2.45, 2.75) is 11.8 Å². The first-order valence-electron chi connectivity index (χ1n) is 14.4. The monoisotopic (exact) mass is 592 g/mol. The van der Waals surface area contributed by atoms with Crippen molar-refractivity contribution in [1.82, 2.24) is 10.4 Å². The van der Waals surface area contributed by atoms with Crippen molar-refractivity contribution in [1.29, 1.82) is 5.26 Å². The van der Waals surface area contributed by atoms with Crippen LogP contribution in [0.1, 0.15) is 39.7 Å². The molecular formula is C36H24N4O3S. The number of nitriles is 1. The van der Waals surface area contributed by atoms with E-state index in [4.69, 9.17) is 0 Å². The number of carbonyl (C=O) groups is 3. The van der Waals surface area contributed by atoms with Crippen LogP contribution in [0.3, 0.4) is 0 Å². The second-order valence-electron chi connectivity index (χ2n) is 11.2. The molecule has 2 heterocycles. The molecule has 9 rings (SSSR count). The quantitative estimate of drug-likeness (QED) is 0.235. The predicted octanol–water partition coefficient (Wildman–Crippen LogP) is 5.90. The Balaban J connectivity index is 1.21. The van der Waals surface area contributed by atoms with Gasteiger partial charge in [0.15, 0.2) is 5.57 Å². The van der Waals surface area contributed by atoms with Gasteiger partial charge in [-0.05, 0) is 39.9 Å². The standard InChI is InChI=1S/C36H24N4O3S/c37-19-27(36-39(22-13-5-2-6-14-22)28(20-44-36)21-11-3-1-4-12-21)34(42)40-35(43)32-30-25-17-9-7-15-23(25)29(31(32)33(41)38-40)24-16-8-10-18-26(24)30/h1-18,20,29-32H,(H,38,41)/b36-27+. The highest BCUT2D eigenvalue weighted by atomic mass is 32.2. The van der Waals surface area contributed by atoms with E-state index in [1.165, 1.54) is 11.8 Å². The van der Waals surface area contributed by atoms with Crippen LogP contribution in [0.25, 0.3) is 5.70 Å². The molecule has 2 aliphatic heterocycles. The molecule has 0 spiro atoms. The minimum atomic E-state index is -0.849. The lowest BCUT2D eigenvalue weighted by Crippen LogP contribution is -2.65. The second-order valence-corrected chi connectivity index (χ2v) is 12.0. The molecule has 1 N–H and O–H groups in total. The van der Waals surface area contributed by atoms with Crippen molar-refractivity contribution in [2.24, 2.45) is 11.8 Å². The van der Waals surface area contributed by atoms with Gasteiger partial charge in [-0.15, -0.1) is 0 Å². The number of anilines is 1. The van der Waals surface area contributed by atoms with Crippen molar-refractivity contribution in [2.75, 3.05) is 4.90 Å². The third kappa shape index (κ3) is 3.73. The highest BCUT2D eigenvalue weighted by Crippen LogP contribution is 2.59. The molecule has 3 amide bonds. The number of hydrogen-bond donors (Lipinski definition) is 1. The molecule has 44 heavy (non-hydrogen) atoms. The molecule has 0 aromatic heterocycles. The van der Waals surface area contributed by atoms with Gasteiger partial charge in [0.25, 0.3) is 11.8 Å². The second kappa shape index (κ2) is 10.1. The molecule has 4 aromatic rings. The first-order chi connectivity index (χ1) is 21.6. The molecule has 4 aromatic carbocycles. The van der Waals surface area contributed by atoms with E-state index < -0.39 is 29.6 Å². The summed E-state index contributed by atoms with van der Waals surface area (Å²) in [5.74, 6) is -3.86. The van der Waals surface area contributed by atoms with Gasteiger partial charge < -0.3 is 4.90 Å². The first kappa shape index (κ1) is 26.3. The van der Waals surface area contributed by atoms with Gasteiger partial charge in [-0.1, -0.05) is 109 Å². The van der Waals surface area contributed by atoms with E-state index in [1.54, 1.807) is 0 Å². The van der Waals surface area contributed by atoms with Crippen LogP contribution in [-0.4, -0.2) is 22.7 Å². The Kier molecular flexibility index (Phi) is 6.03. The molecule has 2 atom stereocenters. The molecule has 3 aliphatic carbocycles. The number of carbonyl (C=O) groups excluding carboxylic acids is 3. The summed E-state index contributed by atoms with van der Waals surface area (Å²) in [5, 5.41) is 13.5. The van der Waals surface area contributed by atoms with Crippen molar-refractivity contribution < 1.29 is 14.4 Å². The third-order valence-corrected chi connectivity index (χ3v) is 9.97. The molecule has 7 nitrogen and oxygen atoms in total. The van der Waals surface area contributed by atoms with E-state index in [1.807, 2.05) is 120 Å². The van der Waals surface area contributed by atoms with Crippen LogP contribution in [0.2, 0.25) is 0 Å². The average Bonchev–Trinajstić information content (AvgIpc) is 3.52. The lowest BCUT2D eigenvalue weighted by Gasteiger charge is -2.52. The van der Waals surface area contributed by atoms with Gasteiger partial charge in [0.1, 0.15) is 11.1 Å². The number of thioether (sulfide) groups is 1. The fraction of sp³-hybridized carbons (Fsp3) is 0.111. The lowest BCUT2D eigenvalue weighted by molar-refractivity contribution is -0.165. The summed E-state index contributed by atoms with van der Waals surface area (Å²) in [6.45, 7) is 0. The fourth-order valence-corrected chi connectivity index (χ4v) is 8.29. The number of rotatable bonds is 3. The molecule has 1 fully saturated rings. The summed E-state index contributed by atoms with van der Waals surface area (Å²) in [5.41, 5.74) is 8.94. The molecule has 2 bridgehead atoms. The highest BCUT2D eigenvalue weighted by molar-refractivity contribution is 8.06. The molecule has 8 heteroatoms. The summed E-state index contributed by atoms with van der Waals surface area (Å²) < 4.78 is 0. The Morgan fingerprint density at radius 3 is 1.82 bits per heavy atom. The Labute approximate surface area is 258 Å². The molecule has 5 aliphatic rings. The van der Waals surface area contributed by atoms with Gasteiger partial charge in [-0.2, -0.15) is 10.3 Å². The number of imide groups is 1. The van der Waals surface area contributed by atoms with Crippen LogP contribution in [-0.2, 0) is 14.4 Å². The summed E-state index contributed by atoms with van der Waals surface area (Å²) >= 11 is 1.24. The maximum Gasteiger partial charge on any atom is 0.292 e. The number of hydrazine groups is 1. The number of amides is 3. The van der Waals surface area contributed by atoms with Crippen LogP contribution in [0.4, 0.5) is 5.69 Å². The van der Waals surface area contributed by atoms with E-state index in [9.17, 15) is 19.6 Å². The number of para-hydroxylation sites is 1. The van der Waals surface area contributed by atoms with Gasteiger partial charge in [0.2, 0.25) is 5.91 Å². The number of benzene rings is 4. The van der Waals surface area contributed by atoms with E-state index in [2.05, 4.69) is 11.5 Å². The number of hydrogen-bond acceptors (Lipinski definition) is 6. The molecular weight excluding hydrogens is 568 g/mol. The lowest BCUT2D eigenvalue weighted by atomic mass is 9.53. The van der Waals surface area contributed by atoms with E-state index >= 15 is 0 Å². The molecule has 212 valence electrons. The topological polar surface area (TPSA) is 93.5 Å². The maximum atomic E-state index is 14.4. The maximum absolute atomic E-state index is 14.4. The van der Waals surface area contributed by atoms with Crippen LogP contribution in [0.15, 0.2) is 125 Å². The van der Waals surface area contributed by atoms with Crippen LogP contribution in [0, 0.1) is 23.2 Å². The predicted molar refractivity (Wildman–Crippen MR) is 167 cm³/mol. The largest absolute Gasteiger partial charge is 0.302 e. The summed E-state index contributed by atoms with van der Waals surface area (Å²) in [6.07, 6.45) is 0. The van der Waals surface area contributed by atoms with Gasteiger partial charge in [0.05, 0.1) is 17.5 Å². The first-order valence-corrected chi connectivity index (χ1v) is 15.2. The number of nitrogens with zero attached hydrogens (tertiary/aromatic N) is 3. The smallest absolute Gasteiger partial charge is 0.292 e. The summed E-state index contributed by atoms with van der Waals surface area (Å²) in [6, 6.07) is 37.1. The van der Waals surface area contributed by atoms with Gasteiger partial charge in [0, 0.05) is 22.9 Å². The van der Waals surface area contributed by atoms with Gasteiger partial charge in [-0.3, -0.25) is 19.8 Å². The normalized spacial score (nSPS) is 24.0. The van der Waals surface area contributed by atoms with E-state index in [-0.39, 0.29) is 17.4 Å². The third-order valence-electron chi connectivity index (χ3n) is 9.02. The van der Waals surface area contributed by atoms with Crippen LogP contribution >= 0.6 is 11.8 Å². The zero-order chi connectivity index (χ0) is 29.9. The fourth-order valence-electron chi connectivity index (χ4n) is 7.26. The highest BCUT2D eigenvalue weighted by Gasteiger charge is 2.59. The zero-order valence-corrected chi connectivity index (χ0v) is 24.1. The SMILES string of the molecule is N#C/C(C(=O)N1NC(=O)C2C3c4ccccc4C(c4ccccc43)C2C1=O)=C1\SC=C(c2ccccc2)N1c1ccccc1. The Hall–Kier alpha value is -5.39. The molecule has 0 saturated carbocycles. The van der Waals surface area contributed by atoms with Crippen molar-refractivity contribution in [3.63, 3.8) is 0 Å². The van der Waals surface area contributed by atoms with E-state index in [0.717, 1.165) is 44.2 Å². The molecule has 2 unspecified atom stereocenters. The van der Waals surface area contributed by atoms with Gasteiger partial charge in [-0.25, -0.2) is 0 Å². The summed E-state index contributed by atoms with van der Waals surface area (Å²) in [4.78, 5) is 44.3. The number of nitrogens with one attached hydrogen (secondary N) is 1. The van der Waals surface area contributed by atoms with Gasteiger partial charge >= 0.3 is 0 Å². The Morgan fingerprint density at radius 2 is 1.25 bits per heavy atom. The minimum Gasteiger partial charge on any atom is -0.302 e. The van der Waals surface area contributed by atoms with Crippen LogP contribution < -0.4 is 10.3 Å². The molecule has 0 radical (unpaired) electrons.